The monoisotopic (exact) mass is 522 g/mol. The van der Waals surface area contributed by atoms with Crippen molar-refractivity contribution >= 4 is 24.6 Å². The predicted octanol–water partition coefficient (Wildman–Crippen LogP) is 4.62. The van der Waals surface area contributed by atoms with E-state index in [1.807, 2.05) is 6.92 Å². The first-order chi connectivity index (χ1) is 17.7. The molecule has 0 bridgehead atoms. The highest BCUT2D eigenvalue weighted by molar-refractivity contribution is 5.80. The van der Waals surface area contributed by atoms with Crippen LogP contribution in [0, 0.1) is 27.6 Å². The normalized spacial score (nSPS) is 39.3. The number of hydrogen-bond donors (Lipinski definition) is 2. The van der Waals surface area contributed by atoms with Gasteiger partial charge in [-0.05, 0) is 90.9 Å². The molecule has 0 amide bonds. The molecule has 5 rings (SSSR count). The molecule has 0 spiro atoms. The molecule has 0 unspecified atom stereocenters. The SMILES string of the molecule is C=c1c(O)c(O)cc2c1=CC=C1[C@@]2(C)CC[C@@]2(C)[C@@H]3C[C@](C)(C(=O)OCC(=O)OC)CC[C@]3(C)CC[C@]12C. The minimum absolute atomic E-state index is 0.0484. The molecule has 4 aliphatic carbocycles. The summed E-state index contributed by atoms with van der Waals surface area (Å²) in [5.41, 5.74) is 1.46. The number of phenols is 2. The van der Waals surface area contributed by atoms with Crippen LogP contribution in [0.4, 0.5) is 0 Å². The van der Waals surface area contributed by atoms with Crippen LogP contribution in [0.1, 0.15) is 85.1 Å². The van der Waals surface area contributed by atoms with E-state index in [0.717, 1.165) is 55.7 Å². The molecule has 6 nitrogen and oxygen atoms in total. The van der Waals surface area contributed by atoms with E-state index in [1.165, 1.54) is 12.7 Å². The Morgan fingerprint density at radius 1 is 1.00 bits per heavy atom. The molecular formula is C32H42O6. The van der Waals surface area contributed by atoms with Gasteiger partial charge in [-0.15, -0.1) is 0 Å². The van der Waals surface area contributed by atoms with Crippen LogP contribution < -0.4 is 10.4 Å². The van der Waals surface area contributed by atoms with Gasteiger partial charge in [-0.3, -0.25) is 4.79 Å². The minimum atomic E-state index is -0.647. The number of allylic oxidation sites excluding steroid dienone is 2. The van der Waals surface area contributed by atoms with E-state index in [2.05, 4.69) is 51.2 Å². The number of carbonyl (C=O) groups is 2. The first-order valence-electron chi connectivity index (χ1n) is 13.9. The largest absolute Gasteiger partial charge is 0.504 e. The second-order valence-corrected chi connectivity index (χ2v) is 13.6. The number of carbonyl (C=O) groups excluding carboxylic acids is 2. The molecule has 0 aliphatic heterocycles. The van der Waals surface area contributed by atoms with Gasteiger partial charge in [0.2, 0.25) is 0 Å². The van der Waals surface area contributed by atoms with Gasteiger partial charge in [0.15, 0.2) is 18.1 Å². The van der Waals surface area contributed by atoms with Gasteiger partial charge in [0.25, 0.3) is 0 Å². The molecule has 3 fully saturated rings. The molecular weight excluding hydrogens is 480 g/mol. The van der Waals surface area contributed by atoms with Gasteiger partial charge in [0.1, 0.15) is 0 Å². The number of aromatic hydroxyl groups is 2. The fourth-order valence-electron chi connectivity index (χ4n) is 8.91. The smallest absolute Gasteiger partial charge is 0.344 e. The highest BCUT2D eigenvalue weighted by Crippen LogP contribution is 2.74. The third kappa shape index (κ3) is 3.44. The lowest BCUT2D eigenvalue weighted by atomic mass is 9.35. The summed E-state index contributed by atoms with van der Waals surface area (Å²) >= 11 is 0. The first-order valence-corrected chi connectivity index (χ1v) is 13.9. The average molecular weight is 523 g/mol. The molecule has 6 atom stereocenters. The summed E-state index contributed by atoms with van der Waals surface area (Å²) in [6, 6.07) is 1.73. The molecule has 1 aromatic rings. The first kappa shape index (κ1) is 26.8. The summed E-state index contributed by atoms with van der Waals surface area (Å²) in [6.07, 6.45) is 10.8. The third-order valence-electron chi connectivity index (χ3n) is 11.8. The second kappa shape index (κ2) is 8.37. The van der Waals surface area contributed by atoms with Crippen LogP contribution >= 0.6 is 0 Å². The van der Waals surface area contributed by atoms with Gasteiger partial charge in [-0.1, -0.05) is 52.0 Å². The fraction of sp³-hybridized carbons (Fsp3) is 0.625. The predicted molar refractivity (Wildman–Crippen MR) is 146 cm³/mol. The van der Waals surface area contributed by atoms with Gasteiger partial charge in [0.05, 0.1) is 12.5 Å². The summed E-state index contributed by atoms with van der Waals surface area (Å²) < 4.78 is 10.1. The van der Waals surface area contributed by atoms with Gasteiger partial charge >= 0.3 is 11.9 Å². The Labute approximate surface area is 225 Å². The minimum Gasteiger partial charge on any atom is -0.504 e. The van der Waals surface area contributed by atoms with Crippen molar-refractivity contribution in [2.75, 3.05) is 13.7 Å². The molecule has 38 heavy (non-hydrogen) atoms. The molecule has 1 aromatic carbocycles. The van der Waals surface area contributed by atoms with Crippen molar-refractivity contribution in [2.45, 2.75) is 85.0 Å². The standard InChI is InChI=1S/C32H42O6/c1-19-20-8-9-23-30(4,21(20)16-22(33)26(19)35)13-15-32(6)24-17-29(3,27(36)38-18-25(34)37-7)11-10-28(24,2)12-14-31(23,32)5/h8-9,16,24,33,35H,1,10-15,17-18H2,2-7H3/t24-,28-,29-,30+,31-,32+/m1/s1. The summed E-state index contributed by atoms with van der Waals surface area (Å²) in [5.74, 6) is -0.813. The Kier molecular flexibility index (Phi) is 5.91. The maximum Gasteiger partial charge on any atom is 0.344 e. The van der Waals surface area contributed by atoms with Crippen LogP contribution in [0.5, 0.6) is 11.5 Å². The fourth-order valence-corrected chi connectivity index (χ4v) is 8.91. The van der Waals surface area contributed by atoms with Crippen molar-refractivity contribution in [3.8, 4) is 11.5 Å². The molecule has 0 aromatic heterocycles. The Balaban J connectivity index is 1.55. The van der Waals surface area contributed by atoms with Gasteiger partial charge in [0, 0.05) is 10.6 Å². The summed E-state index contributed by atoms with van der Waals surface area (Å²) in [4.78, 5) is 24.9. The molecule has 3 saturated carbocycles. The van der Waals surface area contributed by atoms with E-state index in [-0.39, 0.29) is 45.7 Å². The average Bonchev–Trinajstić information content (AvgIpc) is 2.88. The molecule has 0 radical (unpaired) electrons. The number of ether oxygens (including phenoxy) is 2. The van der Waals surface area contributed by atoms with Gasteiger partial charge in [-0.25, -0.2) is 4.79 Å². The molecule has 2 N–H and O–H groups in total. The van der Waals surface area contributed by atoms with E-state index in [0.29, 0.717) is 11.1 Å². The second-order valence-electron chi connectivity index (χ2n) is 13.6. The number of hydrogen-bond acceptors (Lipinski definition) is 6. The summed E-state index contributed by atoms with van der Waals surface area (Å²) in [5, 5.41) is 22.2. The maximum absolute atomic E-state index is 13.3. The molecule has 0 saturated heterocycles. The van der Waals surface area contributed by atoms with Crippen LogP contribution in [-0.4, -0.2) is 35.9 Å². The quantitative estimate of drug-likeness (QED) is 0.445. The van der Waals surface area contributed by atoms with Gasteiger partial charge < -0.3 is 19.7 Å². The van der Waals surface area contributed by atoms with E-state index < -0.39 is 11.4 Å². The highest BCUT2D eigenvalue weighted by atomic mass is 16.6. The van der Waals surface area contributed by atoms with E-state index >= 15 is 0 Å². The van der Waals surface area contributed by atoms with Crippen LogP contribution in [-0.2, 0) is 24.5 Å². The van der Waals surface area contributed by atoms with E-state index in [9.17, 15) is 19.8 Å². The third-order valence-corrected chi connectivity index (χ3v) is 11.8. The van der Waals surface area contributed by atoms with E-state index in [1.54, 1.807) is 6.07 Å². The maximum atomic E-state index is 13.3. The zero-order valence-corrected chi connectivity index (χ0v) is 23.7. The van der Waals surface area contributed by atoms with E-state index in [4.69, 9.17) is 4.74 Å². The van der Waals surface area contributed by atoms with Crippen molar-refractivity contribution in [3.63, 3.8) is 0 Å². The Morgan fingerprint density at radius 2 is 1.68 bits per heavy atom. The van der Waals surface area contributed by atoms with Crippen LogP contribution in [0.25, 0.3) is 12.7 Å². The lowest BCUT2D eigenvalue weighted by molar-refractivity contribution is -0.183. The Bertz CT molecular complexity index is 1360. The zero-order valence-electron chi connectivity index (χ0n) is 23.7. The van der Waals surface area contributed by atoms with Crippen LogP contribution in [0.3, 0.4) is 0 Å². The lowest BCUT2D eigenvalue weighted by Crippen LogP contribution is -2.63. The topological polar surface area (TPSA) is 93.1 Å². The number of benzene rings is 1. The van der Waals surface area contributed by atoms with Crippen molar-refractivity contribution in [1.29, 1.82) is 0 Å². The Hall–Kier alpha value is -2.76. The molecule has 0 heterocycles. The number of phenolic OH excluding ortho intramolecular Hbond substituents is 2. The van der Waals surface area contributed by atoms with Crippen LogP contribution in [0.2, 0.25) is 0 Å². The number of rotatable bonds is 3. The van der Waals surface area contributed by atoms with Crippen molar-refractivity contribution in [1.82, 2.24) is 0 Å². The summed E-state index contributed by atoms with van der Waals surface area (Å²) in [6.45, 7) is 15.2. The number of fused-ring (bicyclic) bond motifs is 7. The van der Waals surface area contributed by atoms with Crippen LogP contribution in [0.15, 0.2) is 17.7 Å². The van der Waals surface area contributed by atoms with Crippen molar-refractivity contribution in [2.24, 2.45) is 27.6 Å². The summed E-state index contributed by atoms with van der Waals surface area (Å²) in [7, 11) is 1.29. The molecule has 6 heteroatoms. The Morgan fingerprint density at radius 3 is 2.37 bits per heavy atom. The zero-order chi connectivity index (χ0) is 27.9. The number of esters is 2. The van der Waals surface area contributed by atoms with Crippen molar-refractivity contribution < 1.29 is 29.3 Å². The van der Waals surface area contributed by atoms with Crippen molar-refractivity contribution in [3.05, 3.63) is 33.7 Å². The van der Waals surface area contributed by atoms with Gasteiger partial charge in [-0.2, -0.15) is 0 Å². The molecule has 4 aliphatic rings. The lowest BCUT2D eigenvalue weighted by Gasteiger charge is -2.69. The highest BCUT2D eigenvalue weighted by Gasteiger charge is 2.67. The molecule has 206 valence electrons. The number of methoxy groups -OCH3 is 1.